The first-order valence-electron chi connectivity index (χ1n) is 8.27. The van der Waals surface area contributed by atoms with Crippen molar-refractivity contribution in [3.63, 3.8) is 0 Å². The fourth-order valence-electron chi connectivity index (χ4n) is 2.75. The van der Waals surface area contributed by atoms with Gasteiger partial charge in [0, 0.05) is 25.7 Å². The highest BCUT2D eigenvalue weighted by atomic mass is 16.5. The van der Waals surface area contributed by atoms with E-state index >= 15 is 0 Å². The first-order valence-corrected chi connectivity index (χ1v) is 8.27. The van der Waals surface area contributed by atoms with Crippen molar-refractivity contribution in [3.05, 3.63) is 47.8 Å². The molecule has 1 fully saturated rings. The summed E-state index contributed by atoms with van der Waals surface area (Å²) < 4.78 is 5.40. The average molecular weight is 312 g/mol. The molecule has 0 aliphatic carbocycles. The molecule has 0 saturated carbocycles. The second-order valence-electron chi connectivity index (χ2n) is 5.77. The van der Waals surface area contributed by atoms with Crippen LogP contribution in [0.2, 0.25) is 0 Å². The van der Waals surface area contributed by atoms with Gasteiger partial charge in [-0.05, 0) is 25.3 Å². The minimum Gasteiger partial charge on any atom is -0.378 e. The van der Waals surface area contributed by atoms with Crippen molar-refractivity contribution < 1.29 is 4.74 Å². The molecule has 3 rings (SSSR count). The molecule has 1 N–H and O–H groups in total. The van der Waals surface area contributed by atoms with E-state index in [1.807, 2.05) is 13.0 Å². The number of benzene rings is 1. The van der Waals surface area contributed by atoms with Gasteiger partial charge >= 0.3 is 0 Å². The van der Waals surface area contributed by atoms with Gasteiger partial charge < -0.3 is 15.0 Å². The zero-order valence-electron chi connectivity index (χ0n) is 13.7. The van der Waals surface area contributed by atoms with Gasteiger partial charge in [-0.2, -0.15) is 0 Å². The molecule has 5 nitrogen and oxygen atoms in total. The lowest BCUT2D eigenvalue weighted by Gasteiger charge is -2.28. The summed E-state index contributed by atoms with van der Waals surface area (Å²) >= 11 is 0. The molecule has 0 amide bonds. The molecular weight excluding hydrogens is 288 g/mol. The Morgan fingerprint density at radius 2 is 1.91 bits per heavy atom. The minimum atomic E-state index is 0.767. The number of hydrogen-bond acceptors (Lipinski definition) is 5. The molecule has 1 aliphatic heterocycles. The molecule has 0 unspecified atom stereocenters. The van der Waals surface area contributed by atoms with Crippen molar-refractivity contribution in [2.45, 2.75) is 19.8 Å². The Kier molecular flexibility index (Phi) is 5.42. The molecule has 23 heavy (non-hydrogen) atoms. The van der Waals surface area contributed by atoms with Crippen molar-refractivity contribution >= 4 is 11.6 Å². The maximum Gasteiger partial charge on any atom is 0.134 e. The van der Waals surface area contributed by atoms with E-state index in [-0.39, 0.29) is 0 Å². The van der Waals surface area contributed by atoms with Crippen molar-refractivity contribution in [2.75, 3.05) is 43.1 Å². The Morgan fingerprint density at radius 3 is 2.70 bits per heavy atom. The van der Waals surface area contributed by atoms with Crippen LogP contribution in [0.1, 0.15) is 17.8 Å². The molecule has 0 spiro atoms. The molecule has 0 atom stereocenters. The summed E-state index contributed by atoms with van der Waals surface area (Å²) in [6.45, 7) is 6.17. The molecule has 0 radical (unpaired) electrons. The smallest absolute Gasteiger partial charge is 0.134 e. The van der Waals surface area contributed by atoms with Crippen LogP contribution in [0.5, 0.6) is 0 Å². The third-order valence-electron chi connectivity index (χ3n) is 3.95. The van der Waals surface area contributed by atoms with Gasteiger partial charge in [-0.3, -0.25) is 0 Å². The van der Waals surface area contributed by atoms with Gasteiger partial charge in [0.2, 0.25) is 0 Å². The number of hydrogen-bond donors (Lipinski definition) is 1. The van der Waals surface area contributed by atoms with Gasteiger partial charge in [-0.25, -0.2) is 9.97 Å². The zero-order valence-corrected chi connectivity index (χ0v) is 13.7. The largest absolute Gasteiger partial charge is 0.378 e. The normalized spacial score (nSPS) is 14.7. The van der Waals surface area contributed by atoms with Gasteiger partial charge in [-0.15, -0.1) is 0 Å². The van der Waals surface area contributed by atoms with Crippen molar-refractivity contribution in [3.8, 4) is 0 Å². The molecule has 1 aliphatic rings. The minimum absolute atomic E-state index is 0.767. The molecule has 2 heterocycles. The van der Waals surface area contributed by atoms with Crippen LogP contribution in [0.25, 0.3) is 0 Å². The lowest BCUT2D eigenvalue weighted by Crippen LogP contribution is -2.37. The lowest BCUT2D eigenvalue weighted by molar-refractivity contribution is 0.122. The second kappa shape index (κ2) is 7.92. The number of nitrogens with zero attached hydrogens (tertiary/aromatic N) is 3. The van der Waals surface area contributed by atoms with Crippen LogP contribution in [-0.4, -0.2) is 42.8 Å². The fourth-order valence-corrected chi connectivity index (χ4v) is 2.75. The van der Waals surface area contributed by atoms with E-state index in [2.05, 4.69) is 50.5 Å². The SMILES string of the molecule is Cc1nc(NCCCc2ccccc2)cc(N2CCOCC2)n1. The number of morpholine rings is 1. The summed E-state index contributed by atoms with van der Waals surface area (Å²) in [5, 5.41) is 3.43. The predicted molar refractivity (Wildman–Crippen MR) is 93.1 cm³/mol. The second-order valence-corrected chi connectivity index (χ2v) is 5.77. The van der Waals surface area contributed by atoms with Crippen LogP contribution < -0.4 is 10.2 Å². The van der Waals surface area contributed by atoms with E-state index in [0.717, 1.165) is 63.1 Å². The van der Waals surface area contributed by atoms with Crippen LogP contribution in [0.4, 0.5) is 11.6 Å². The van der Waals surface area contributed by atoms with E-state index in [1.54, 1.807) is 0 Å². The molecule has 0 bridgehead atoms. The maximum absolute atomic E-state index is 5.40. The predicted octanol–water partition coefficient (Wildman–Crippen LogP) is 2.67. The molecular formula is C18H24N4O. The highest BCUT2D eigenvalue weighted by Gasteiger charge is 2.13. The van der Waals surface area contributed by atoms with Crippen LogP contribution >= 0.6 is 0 Å². The van der Waals surface area contributed by atoms with Gasteiger partial charge in [-0.1, -0.05) is 30.3 Å². The van der Waals surface area contributed by atoms with E-state index in [1.165, 1.54) is 5.56 Å². The third-order valence-corrected chi connectivity index (χ3v) is 3.95. The summed E-state index contributed by atoms with van der Waals surface area (Å²) in [5.41, 5.74) is 1.38. The monoisotopic (exact) mass is 312 g/mol. The van der Waals surface area contributed by atoms with Gasteiger partial charge in [0.05, 0.1) is 13.2 Å². The van der Waals surface area contributed by atoms with Crippen LogP contribution in [0, 0.1) is 6.92 Å². The van der Waals surface area contributed by atoms with Gasteiger partial charge in [0.1, 0.15) is 17.5 Å². The molecule has 1 aromatic carbocycles. The van der Waals surface area contributed by atoms with E-state index in [4.69, 9.17) is 4.74 Å². The number of aryl methyl sites for hydroxylation is 2. The van der Waals surface area contributed by atoms with Crippen LogP contribution in [0.15, 0.2) is 36.4 Å². The Labute approximate surface area is 137 Å². The number of aromatic nitrogens is 2. The maximum atomic E-state index is 5.40. The number of anilines is 2. The Balaban J connectivity index is 1.54. The summed E-state index contributed by atoms with van der Waals surface area (Å²) in [7, 11) is 0. The topological polar surface area (TPSA) is 50.3 Å². The molecule has 5 heteroatoms. The first-order chi connectivity index (χ1) is 11.3. The van der Waals surface area contributed by atoms with Crippen LogP contribution in [0.3, 0.4) is 0 Å². The van der Waals surface area contributed by atoms with E-state index < -0.39 is 0 Å². The quantitative estimate of drug-likeness (QED) is 0.831. The van der Waals surface area contributed by atoms with Crippen LogP contribution in [-0.2, 0) is 11.2 Å². The fraction of sp³-hybridized carbons (Fsp3) is 0.444. The number of nitrogens with one attached hydrogen (secondary N) is 1. The summed E-state index contributed by atoms with van der Waals surface area (Å²) in [5.74, 6) is 2.71. The van der Waals surface area contributed by atoms with E-state index in [9.17, 15) is 0 Å². The highest BCUT2D eigenvalue weighted by molar-refractivity contribution is 5.49. The Bertz CT molecular complexity index is 612. The van der Waals surface area contributed by atoms with E-state index in [0.29, 0.717) is 0 Å². The van der Waals surface area contributed by atoms with Crippen molar-refractivity contribution in [1.29, 1.82) is 0 Å². The molecule has 1 saturated heterocycles. The summed E-state index contributed by atoms with van der Waals surface area (Å²) in [6.07, 6.45) is 2.16. The summed E-state index contributed by atoms with van der Waals surface area (Å²) in [4.78, 5) is 11.3. The highest BCUT2D eigenvalue weighted by Crippen LogP contribution is 2.17. The average Bonchev–Trinajstić information content (AvgIpc) is 2.60. The Morgan fingerprint density at radius 1 is 1.13 bits per heavy atom. The number of rotatable bonds is 6. The Hall–Kier alpha value is -2.14. The number of ether oxygens (including phenoxy) is 1. The lowest BCUT2D eigenvalue weighted by atomic mass is 10.1. The molecule has 122 valence electrons. The third kappa shape index (κ3) is 4.66. The van der Waals surface area contributed by atoms with Crippen molar-refractivity contribution in [1.82, 2.24) is 9.97 Å². The summed E-state index contributed by atoms with van der Waals surface area (Å²) in [6, 6.07) is 12.6. The standard InChI is InChI=1S/C18H24N4O/c1-15-20-17(14-18(21-15)22-10-12-23-13-11-22)19-9-5-8-16-6-3-2-4-7-16/h2-4,6-7,14H,5,8-13H2,1H3,(H,19,20,21). The first kappa shape index (κ1) is 15.7. The molecule has 2 aromatic rings. The molecule has 1 aromatic heterocycles. The van der Waals surface area contributed by atoms with Gasteiger partial charge in [0.15, 0.2) is 0 Å². The van der Waals surface area contributed by atoms with Gasteiger partial charge in [0.25, 0.3) is 0 Å². The zero-order chi connectivity index (χ0) is 15.9. The van der Waals surface area contributed by atoms with Crippen molar-refractivity contribution in [2.24, 2.45) is 0 Å².